The minimum absolute atomic E-state index is 0.00400. The number of methoxy groups -OCH3 is 1. The minimum atomic E-state index is -0.639. The Morgan fingerprint density at radius 2 is 2.06 bits per heavy atom. The lowest BCUT2D eigenvalue weighted by Gasteiger charge is -2.03. The second-order valence-corrected chi connectivity index (χ2v) is 4.23. The number of nitrogen functional groups attached to an aromatic ring is 1. The normalized spacial score (nSPS) is 10.1. The molecule has 18 heavy (non-hydrogen) atoms. The molecule has 0 unspecified atom stereocenters. The van der Waals surface area contributed by atoms with Crippen LogP contribution in [0.1, 0.15) is 10.5 Å². The topological polar surface area (TPSA) is 74.4 Å². The number of rotatable bonds is 3. The van der Waals surface area contributed by atoms with E-state index >= 15 is 0 Å². The molecule has 5 nitrogen and oxygen atoms in total. The molecule has 0 aliphatic heterocycles. The highest BCUT2D eigenvalue weighted by atomic mass is 32.1. The van der Waals surface area contributed by atoms with Gasteiger partial charge in [-0.25, -0.2) is 14.2 Å². The van der Waals surface area contributed by atoms with Crippen LogP contribution in [0.5, 0.6) is 10.8 Å². The summed E-state index contributed by atoms with van der Waals surface area (Å²) in [5.41, 5.74) is 5.51. The summed E-state index contributed by atoms with van der Waals surface area (Å²) in [4.78, 5) is 15.2. The van der Waals surface area contributed by atoms with Crippen LogP contribution in [0, 0.1) is 5.82 Å². The maximum absolute atomic E-state index is 12.7. The predicted octanol–water partition coefficient (Wildman–Crippen LogP) is 2.44. The fraction of sp³-hybridized carbons (Fsp3) is 0.0909. The summed E-state index contributed by atoms with van der Waals surface area (Å²) in [6.45, 7) is 0. The van der Waals surface area contributed by atoms with Crippen LogP contribution in [-0.4, -0.2) is 18.1 Å². The molecule has 7 heteroatoms. The zero-order chi connectivity index (χ0) is 13.1. The average Bonchev–Trinajstić information content (AvgIpc) is 2.72. The highest BCUT2D eigenvalue weighted by Crippen LogP contribution is 2.33. The SMILES string of the molecule is COC(=O)c1nc(N)sc1Oc1ccc(F)cc1. The van der Waals surface area contributed by atoms with Gasteiger partial charge in [-0.05, 0) is 24.3 Å². The van der Waals surface area contributed by atoms with Crippen molar-refractivity contribution in [3.63, 3.8) is 0 Å². The number of hydrogen-bond acceptors (Lipinski definition) is 6. The van der Waals surface area contributed by atoms with Gasteiger partial charge < -0.3 is 15.2 Å². The van der Waals surface area contributed by atoms with Crippen LogP contribution in [0.2, 0.25) is 0 Å². The first-order valence-electron chi connectivity index (χ1n) is 4.88. The first kappa shape index (κ1) is 12.3. The number of ether oxygens (including phenoxy) is 2. The van der Waals surface area contributed by atoms with Gasteiger partial charge in [0.15, 0.2) is 5.13 Å². The van der Waals surface area contributed by atoms with E-state index in [9.17, 15) is 9.18 Å². The van der Waals surface area contributed by atoms with Crippen LogP contribution in [0.3, 0.4) is 0 Å². The van der Waals surface area contributed by atoms with Gasteiger partial charge in [0.1, 0.15) is 11.6 Å². The number of aromatic nitrogens is 1. The number of nitrogens with two attached hydrogens (primary N) is 1. The molecule has 1 aromatic carbocycles. The number of carbonyl (C=O) groups is 1. The van der Waals surface area contributed by atoms with Gasteiger partial charge in [-0.2, -0.15) is 0 Å². The van der Waals surface area contributed by atoms with Crippen LogP contribution in [-0.2, 0) is 4.74 Å². The Morgan fingerprint density at radius 1 is 1.39 bits per heavy atom. The van der Waals surface area contributed by atoms with E-state index < -0.39 is 5.97 Å². The first-order chi connectivity index (χ1) is 8.60. The second kappa shape index (κ2) is 5.01. The molecular weight excluding hydrogens is 259 g/mol. The Labute approximate surface area is 106 Å². The summed E-state index contributed by atoms with van der Waals surface area (Å²) in [5, 5.41) is 0.401. The Hall–Kier alpha value is -2.15. The third-order valence-electron chi connectivity index (χ3n) is 2.02. The van der Waals surface area contributed by atoms with Crippen LogP contribution in [0.25, 0.3) is 0 Å². The van der Waals surface area contributed by atoms with Gasteiger partial charge in [-0.1, -0.05) is 11.3 Å². The molecule has 0 saturated heterocycles. The lowest BCUT2D eigenvalue weighted by Crippen LogP contribution is -2.03. The van der Waals surface area contributed by atoms with Crippen molar-refractivity contribution < 1.29 is 18.7 Å². The number of benzene rings is 1. The van der Waals surface area contributed by atoms with E-state index in [0.717, 1.165) is 11.3 Å². The maximum Gasteiger partial charge on any atom is 0.361 e. The summed E-state index contributed by atoms with van der Waals surface area (Å²) in [6, 6.07) is 5.37. The van der Waals surface area contributed by atoms with Crippen molar-refractivity contribution in [2.75, 3.05) is 12.8 Å². The van der Waals surface area contributed by atoms with Gasteiger partial charge in [-0.15, -0.1) is 0 Å². The van der Waals surface area contributed by atoms with Gasteiger partial charge in [-0.3, -0.25) is 0 Å². The number of carbonyl (C=O) groups excluding carboxylic acids is 1. The van der Waals surface area contributed by atoms with Crippen LogP contribution < -0.4 is 10.5 Å². The van der Waals surface area contributed by atoms with Crippen molar-refractivity contribution in [3.8, 4) is 10.8 Å². The first-order valence-corrected chi connectivity index (χ1v) is 5.70. The predicted molar refractivity (Wildman–Crippen MR) is 64.3 cm³/mol. The molecule has 2 N–H and O–H groups in total. The molecule has 2 rings (SSSR count). The molecule has 0 aliphatic carbocycles. The summed E-state index contributed by atoms with van der Waals surface area (Å²) >= 11 is 1.01. The number of anilines is 1. The van der Waals surface area contributed by atoms with Crippen LogP contribution >= 0.6 is 11.3 Å². The third kappa shape index (κ3) is 2.57. The Bertz CT molecular complexity index is 568. The van der Waals surface area contributed by atoms with Gasteiger partial charge in [0.25, 0.3) is 0 Å². The van der Waals surface area contributed by atoms with Crippen molar-refractivity contribution in [1.29, 1.82) is 0 Å². The van der Waals surface area contributed by atoms with E-state index in [4.69, 9.17) is 10.5 Å². The lowest BCUT2D eigenvalue weighted by atomic mass is 10.3. The van der Waals surface area contributed by atoms with E-state index in [-0.39, 0.29) is 21.7 Å². The van der Waals surface area contributed by atoms with Gasteiger partial charge >= 0.3 is 5.97 Å². The smallest absolute Gasteiger partial charge is 0.361 e. The molecule has 94 valence electrons. The van der Waals surface area contributed by atoms with Gasteiger partial charge in [0.05, 0.1) is 7.11 Å². The van der Waals surface area contributed by atoms with Crippen molar-refractivity contribution in [2.45, 2.75) is 0 Å². The molecule has 1 aromatic heterocycles. The number of esters is 1. The quantitative estimate of drug-likeness (QED) is 0.865. The monoisotopic (exact) mass is 268 g/mol. The molecular formula is C11H9FN2O3S. The van der Waals surface area contributed by atoms with Crippen molar-refractivity contribution in [2.24, 2.45) is 0 Å². The summed E-state index contributed by atoms with van der Waals surface area (Å²) in [6.07, 6.45) is 0. The summed E-state index contributed by atoms with van der Waals surface area (Å²) < 4.78 is 22.7. The van der Waals surface area contributed by atoms with E-state index in [2.05, 4.69) is 9.72 Å². The second-order valence-electron chi connectivity index (χ2n) is 3.24. The molecule has 0 aliphatic rings. The van der Waals surface area contributed by atoms with Crippen LogP contribution in [0.4, 0.5) is 9.52 Å². The average molecular weight is 268 g/mol. The summed E-state index contributed by atoms with van der Waals surface area (Å²) in [5.74, 6) is -0.635. The molecule has 2 aromatic rings. The fourth-order valence-electron chi connectivity index (χ4n) is 1.23. The van der Waals surface area contributed by atoms with Crippen molar-refractivity contribution in [3.05, 3.63) is 35.8 Å². The Balaban J connectivity index is 2.28. The largest absolute Gasteiger partial charge is 0.464 e. The number of nitrogens with zero attached hydrogens (tertiary/aromatic N) is 1. The maximum atomic E-state index is 12.7. The zero-order valence-corrected chi connectivity index (χ0v) is 10.2. The van der Waals surface area contributed by atoms with Crippen molar-refractivity contribution in [1.82, 2.24) is 4.98 Å². The Morgan fingerprint density at radius 3 is 2.67 bits per heavy atom. The molecule has 0 atom stereocenters. The summed E-state index contributed by atoms with van der Waals surface area (Å²) in [7, 11) is 1.24. The molecule has 0 bridgehead atoms. The molecule has 0 fully saturated rings. The van der Waals surface area contributed by atoms with E-state index in [1.165, 1.54) is 31.4 Å². The highest BCUT2D eigenvalue weighted by Gasteiger charge is 2.19. The van der Waals surface area contributed by atoms with Crippen molar-refractivity contribution >= 4 is 22.4 Å². The molecule has 0 radical (unpaired) electrons. The Kier molecular flexibility index (Phi) is 3.42. The number of halogens is 1. The molecule has 0 spiro atoms. The number of hydrogen-bond donors (Lipinski definition) is 1. The van der Waals surface area contributed by atoms with E-state index in [1.807, 2.05) is 0 Å². The minimum Gasteiger partial charge on any atom is -0.464 e. The molecule has 1 heterocycles. The molecule has 0 saturated carbocycles. The van der Waals surface area contributed by atoms with Gasteiger partial charge in [0.2, 0.25) is 10.8 Å². The van der Waals surface area contributed by atoms with Gasteiger partial charge in [0, 0.05) is 0 Å². The fourth-order valence-corrected chi connectivity index (χ4v) is 1.92. The lowest BCUT2D eigenvalue weighted by molar-refractivity contribution is 0.0592. The standard InChI is InChI=1S/C11H9FN2O3S/c1-16-9(15)8-10(18-11(13)14-8)17-7-4-2-6(12)3-5-7/h2-5H,1H3,(H2,13,14). The third-order valence-corrected chi connectivity index (χ3v) is 2.78. The highest BCUT2D eigenvalue weighted by molar-refractivity contribution is 7.17. The zero-order valence-electron chi connectivity index (χ0n) is 9.34. The molecule has 0 amide bonds. The van der Waals surface area contributed by atoms with Crippen LogP contribution in [0.15, 0.2) is 24.3 Å². The van der Waals surface area contributed by atoms with E-state index in [0.29, 0.717) is 5.75 Å². The van der Waals surface area contributed by atoms with E-state index in [1.54, 1.807) is 0 Å². The number of thiazole rings is 1.